The fraction of sp³-hybridized carbons (Fsp3) is 0.333. The highest BCUT2D eigenvalue weighted by Gasteiger charge is 2.23. The Morgan fingerprint density at radius 1 is 1.14 bits per heavy atom. The smallest absolute Gasteiger partial charge is 0.377 e. The first-order chi connectivity index (χ1) is 10.6. The van der Waals surface area contributed by atoms with Crippen LogP contribution in [0.25, 0.3) is 5.69 Å². The van der Waals surface area contributed by atoms with E-state index < -0.39 is 23.4 Å². The van der Waals surface area contributed by atoms with Crippen molar-refractivity contribution in [1.29, 1.82) is 0 Å². The second kappa shape index (κ2) is 5.64. The minimum atomic E-state index is -1.13. The van der Waals surface area contributed by atoms with Crippen molar-refractivity contribution < 1.29 is 18.3 Å². The van der Waals surface area contributed by atoms with Crippen LogP contribution >= 0.6 is 0 Å². The largest absolute Gasteiger partial charge is 0.378 e. The lowest BCUT2D eigenvalue weighted by Gasteiger charge is -2.25. The number of ether oxygens (including phenoxy) is 1. The first kappa shape index (κ1) is 14.3. The summed E-state index contributed by atoms with van der Waals surface area (Å²) in [5.74, 6) is -2.17. The van der Waals surface area contributed by atoms with Gasteiger partial charge in [-0.25, -0.2) is 18.4 Å². The molecule has 0 N–H and O–H groups in total. The lowest BCUT2D eigenvalue weighted by molar-refractivity contribution is 0.0525. The highest BCUT2D eigenvalue weighted by Crippen LogP contribution is 2.10. The number of amides is 1. The molecule has 1 aromatic carbocycles. The van der Waals surface area contributed by atoms with Crippen molar-refractivity contribution in [3.05, 3.63) is 40.3 Å². The van der Waals surface area contributed by atoms with Gasteiger partial charge in [0.15, 0.2) is 11.6 Å². The zero-order valence-corrected chi connectivity index (χ0v) is 11.3. The Morgan fingerprint density at radius 2 is 1.86 bits per heavy atom. The van der Waals surface area contributed by atoms with Crippen LogP contribution in [0.2, 0.25) is 0 Å². The van der Waals surface area contributed by atoms with E-state index in [0.29, 0.717) is 31.0 Å². The number of hydrogen-bond donors (Lipinski definition) is 0. The summed E-state index contributed by atoms with van der Waals surface area (Å²) in [6, 6.07) is 2.19. The predicted octanol–water partition coefficient (Wildman–Crippen LogP) is 0.00750. The molecule has 1 fully saturated rings. The van der Waals surface area contributed by atoms with E-state index in [0.717, 1.165) is 22.9 Å². The van der Waals surface area contributed by atoms with E-state index in [1.54, 1.807) is 0 Å². The third-order valence-corrected chi connectivity index (χ3v) is 3.19. The molecule has 0 saturated carbocycles. The molecule has 22 heavy (non-hydrogen) atoms. The molecule has 0 bridgehead atoms. The number of morpholine rings is 1. The molecule has 0 spiro atoms. The van der Waals surface area contributed by atoms with Crippen molar-refractivity contribution in [2.45, 2.75) is 0 Å². The molecule has 0 atom stereocenters. The van der Waals surface area contributed by atoms with Crippen LogP contribution in [0.15, 0.2) is 23.0 Å². The SMILES string of the molecule is O=C(N1CCOCC1)n1nnn(-c2ccc(F)c(F)c2)c1=O. The van der Waals surface area contributed by atoms with Crippen LogP contribution < -0.4 is 5.69 Å². The van der Waals surface area contributed by atoms with Gasteiger partial charge in [-0.05, 0) is 22.6 Å². The number of nitrogens with zero attached hydrogens (tertiary/aromatic N) is 5. The Bertz CT molecular complexity index is 766. The van der Waals surface area contributed by atoms with Gasteiger partial charge in [0.05, 0.1) is 18.9 Å². The van der Waals surface area contributed by atoms with Crippen LogP contribution in [0, 0.1) is 11.6 Å². The van der Waals surface area contributed by atoms with E-state index in [2.05, 4.69) is 10.4 Å². The maximum absolute atomic E-state index is 13.2. The number of tetrazole rings is 1. The summed E-state index contributed by atoms with van der Waals surface area (Å²) in [6.45, 7) is 1.42. The predicted molar refractivity (Wildman–Crippen MR) is 68.7 cm³/mol. The van der Waals surface area contributed by atoms with E-state index >= 15 is 0 Å². The third-order valence-electron chi connectivity index (χ3n) is 3.19. The van der Waals surface area contributed by atoms with E-state index in [4.69, 9.17) is 4.74 Å². The Labute approximate surface area is 122 Å². The molecule has 2 heterocycles. The second-order valence-electron chi connectivity index (χ2n) is 4.57. The number of rotatable bonds is 1. The molecule has 0 unspecified atom stereocenters. The van der Waals surface area contributed by atoms with Crippen LogP contribution in [-0.2, 0) is 4.74 Å². The fourth-order valence-corrected chi connectivity index (χ4v) is 2.03. The summed E-state index contributed by atoms with van der Waals surface area (Å²) >= 11 is 0. The standard InChI is InChI=1S/C12H11F2N5O3/c13-9-2-1-8(7-10(9)14)18-12(21)19(16-15-18)11(20)17-3-5-22-6-4-17/h1-2,7H,3-6H2. The van der Waals surface area contributed by atoms with Crippen LogP contribution in [0.1, 0.15) is 0 Å². The quantitative estimate of drug-likeness (QED) is 0.693. The molecule has 1 saturated heterocycles. The van der Waals surface area contributed by atoms with Crippen LogP contribution in [0.4, 0.5) is 13.6 Å². The highest BCUT2D eigenvalue weighted by molar-refractivity contribution is 5.75. The van der Waals surface area contributed by atoms with Gasteiger partial charge in [-0.1, -0.05) is 0 Å². The summed E-state index contributed by atoms with van der Waals surface area (Å²) < 4.78 is 32.5. The van der Waals surface area contributed by atoms with E-state index in [-0.39, 0.29) is 5.69 Å². The third kappa shape index (κ3) is 2.48. The number of aromatic nitrogens is 4. The highest BCUT2D eigenvalue weighted by atomic mass is 19.2. The van der Waals surface area contributed by atoms with Crippen LogP contribution in [-0.4, -0.2) is 57.0 Å². The van der Waals surface area contributed by atoms with E-state index in [1.165, 1.54) is 4.90 Å². The molecule has 0 radical (unpaired) electrons. The number of benzene rings is 1. The van der Waals surface area contributed by atoms with Crippen molar-refractivity contribution in [2.75, 3.05) is 26.3 Å². The molecule has 3 rings (SSSR count). The minimum Gasteiger partial charge on any atom is -0.378 e. The number of hydrogen-bond acceptors (Lipinski definition) is 5. The molecule has 1 aliphatic rings. The zero-order chi connectivity index (χ0) is 15.7. The Morgan fingerprint density at radius 3 is 2.55 bits per heavy atom. The zero-order valence-electron chi connectivity index (χ0n) is 11.3. The monoisotopic (exact) mass is 311 g/mol. The molecule has 8 nitrogen and oxygen atoms in total. The van der Waals surface area contributed by atoms with E-state index in [9.17, 15) is 18.4 Å². The molecule has 0 aliphatic carbocycles. The molecule has 1 amide bonds. The van der Waals surface area contributed by atoms with Gasteiger partial charge in [0.25, 0.3) is 0 Å². The van der Waals surface area contributed by atoms with Gasteiger partial charge in [0.1, 0.15) is 0 Å². The van der Waals surface area contributed by atoms with Gasteiger partial charge in [-0.2, -0.15) is 4.68 Å². The Kier molecular flexibility index (Phi) is 3.67. The number of carbonyl (C=O) groups is 1. The number of carbonyl (C=O) groups excluding carboxylic acids is 1. The van der Waals surface area contributed by atoms with Gasteiger partial charge >= 0.3 is 11.7 Å². The molecular formula is C12H11F2N5O3. The van der Waals surface area contributed by atoms with Crippen LogP contribution in [0.3, 0.4) is 0 Å². The topological polar surface area (TPSA) is 82.2 Å². The lowest BCUT2D eigenvalue weighted by Crippen LogP contribution is -2.46. The molecular weight excluding hydrogens is 300 g/mol. The minimum absolute atomic E-state index is 0.0232. The summed E-state index contributed by atoms with van der Waals surface area (Å²) in [6.07, 6.45) is 0. The second-order valence-corrected chi connectivity index (χ2v) is 4.57. The molecule has 1 aliphatic heterocycles. The van der Waals surface area contributed by atoms with Crippen molar-refractivity contribution in [3.8, 4) is 5.69 Å². The van der Waals surface area contributed by atoms with Crippen molar-refractivity contribution in [3.63, 3.8) is 0 Å². The Hall–Kier alpha value is -2.62. The summed E-state index contributed by atoms with van der Waals surface area (Å²) in [4.78, 5) is 25.7. The Balaban J connectivity index is 1.93. The molecule has 116 valence electrons. The average Bonchev–Trinajstić information content (AvgIpc) is 2.92. The van der Waals surface area contributed by atoms with Gasteiger partial charge in [0, 0.05) is 19.2 Å². The normalized spacial score (nSPS) is 15.1. The summed E-state index contributed by atoms with van der Waals surface area (Å²) in [5, 5.41) is 7.01. The van der Waals surface area contributed by atoms with Gasteiger partial charge in [-0.3, -0.25) is 0 Å². The van der Waals surface area contributed by atoms with E-state index in [1.807, 2.05) is 0 Å². The van der Waals surface area contributed by atoms with Crippen LogP contribution in [0.5, 0.6) is 0 Å². The maximum atomic E-state index is 13.2. The summed E-state index contributed by atoms with van der Waals surface area (Å²) in [5.41, 5.74) is -0.882. The first-order valence-corrected chi connectivity index (χ1v) is 6.45. The average molecular weight is 311 g/mol. The molecule has 1 aromatic heterocycles. The van der Waals surface area contributed by atoms with Gasteiger partial charge in [-0.15, -0.1) is 4.68 Å². The first-order valence-electron chi connectivity index (χ1n) is 6.45. The molecule has 2 aromatic rings. The van der Waals surface area contributed by atoms with Gasteiger partial charge in [0.2, 0.25) is 0 Å². The number of halogens is 2. The van der Waals surface area contributed by atoms with Gasteiger partial charge < -0.3 is 9.64 Å². The maximum Gasteiger partial charge on any atom is 0.377 e. The van der Waals surface area contributed by atoms with Crippen molar-refractivity contribution in [2.24, 2.45) is 0 Å². The lowest BCUT2D eigenvalue weighted by atomic mass is 10.3. The van der Waals surface area contributed by atoms with Crippen molar-refractivity contribution in [1.82, 2.24) is 24.7 Å². The fourth-order valence-electron chi connectivity index (χ4n) is 2.03. The summed E-state index contributed by atoms with van der Waals surface area (Å²) in [7, 11) is 0. The molecule has 10 heteroatoms. The van der Waals surface area contributed by atoms with Crippen molar-refractivity contribution >= 4 is 6.03 Å².